The number of aryl methyl sites for hydroxylation is 2. The standard InChI is InChI=1S/C28H40N6O5.C2HF3O2/c1-4-20-8-6-9-22(30-20)26(27(37)29-13-7-10-25(36)39-5-2)33-14-15-34(18-21(35)17-33)28(38)23-16-24(19-11-12-19)32(3)31-23;3-2(4,5)1(6)7/h6,8-9,16,19,21,26,35H,4-5,7,10-15,17-18H2,1-3H3,(H,29,37);(H,6,7). The highest BCUT2D eigenvalue weighted by Crippen LogP contribution is 2.40. The smallest absolute Gasteiger partial charge is 0.475 e. The number of pyridine rings is 1. The van der Waals surface area contributed by atoms with Crippen LogP contribution in [0.3, 0.4) is 0 Å². The quantitative estimate of drug-likeness (QED) is 0.242. The minimum atomic E-state index is -5.08. The predicted octanol–water partition coefficient (Wildman–Crippen LogP) is 2.21. The first-order chi connectivity index (χ1) is 21.7. The molecule has 16 heteroatoms. The number of ether oxygens (including phenoxy) is 1. The van der Waals surface area contributed by atoms with Crippen molar-refractivity contribution < 1.29 is 47.3 Å². The molecule has 1 saturated carbocycles. The van der Waals surface area contributed by atoms with Gasteiger partial charge in [0.15, 0.2) is 5.69 Å². The van der Waals surface area contributed by atoms with E-state index < -0.39 is 24.3 Å². The number of aliphatic carboxylic acids is 1. The monoisotopic (exact) mass is 654 g/mol. The number of aromatic nitrogens is 3. The van der Waals surface area contributed by atoms with Crippen molar-refractivity contribution in [2.75, 3.05) is 39.3 Å². The number of alkyl halides is 3. The number of carbonyl (C=O) groups excluding carboxylic acids is 3. The number of hydrogen-bond donors (Lipinski definition) is 3. The van der Waals surface area contributed by atoms with Gasteiger partial charge in [-0.25, -0.2) is 4.79 Å². The first kappa shape index (κ1) is 36.4. The van der Waals surface area contributed by atoms with Crippen molar-refractivity contribution in [1.29, 1.82) is 0 Å². The molecular formula is C30H41F3N6O7. The number of β-amino-alcohol motifs (C(OH)–C–C–N with tert-alkyl or cyclic N) is 1. The first-order valence-corrected chi connectivity index (χ1v) is 15.2. The Morgan fingerprint density at radius 3 is 2.43 bits per heavy atom. The van der Waals surface area contributed by atoms with Gasteiger partial charge in [-0.1, -0.05) is 13.0 Å². The Morgan fingerprint density at radius 2 is 1.83 bits per heavy atom. The van der Waals surface area contributed by atoms with Gasteiger partial charge in [-0.2, -0.15) is 18.3 Å². The van der Waals surface area contributed by atoms with E-state index in [4.69, 9.17) is 19.6 Å². The van der Waals surface area contributed by atoms with Crippen LogP contribution in [0, 0.1) is 0 Å². The molecule has 46 heavy (non-hydrogen) atoms. The number of nitrogens with one attached hydrogen (secondary N) is 1. The minimum absolute atomic E-state index is 0.154. The van der Waals surface area contributed by atoms with Crippen molar-refractivity contribution in [3.63, 3.8) is 0 Å². The Balaban J connectivity index is 0.000000738. The number of hydrogen-bond acceptors (Lipinski definition) is 9. The lowest BCUT2D eigenvalue weighted by molar-refractivity contribution is -0.192. The molecule has 254 valence electrons. The first-order valence-electron chi connectivity index (χ1n) is 15.2. The van der Waals surface area contributed by atoms with Crippen LogP contribution < -0.4 is 5.32 Å². The maximum absolute atomic E-state index is 13.5. The lowest BCUT2D eigenvalue weighted by Crippen LogP contribution is -2.44. The molecule has 2 aliphatic rings. The van der Waals surface area contributed by atoms with E-state index in [1.54, 1.807) is 16.5 Å². The van der Waals surface area contributed by atoms with Gasteiger partial charge in [-0.05, 0) is 50.8 Å². The van der Waals surface area contributed by atoms with Gasteiger partial charge in [0.2, 0.25) is 5.91 Å². The molecule has 2 atom stereocenters. The van der Waals surface area contributed by atoms with Crippen LogP contribution >= 0.6 is 0 Å². The SMILES string of the molecule is CCOC(=O)CCCNC(=O)C(c1cccc(CC)n1)N1CCN(C(=O)c2cc(C3CC3)n(C)n2)CC(O)C1.O=C(O)C(F)(F)F. The van der Waals surface area contributed by atoms with Gasteiger partial charge in [0.05, 0.1) is 18.4 Å². The van der Waals surface area contributed by atoms with Crippen LogP contribution in [0.25, 0.3) is 0 Å². The zero-order valence-corrected chi connectivity index (χ0v) is 26.1. The molecule has 3 N–H and O–H groups in total. The topological polar surface area (TPSA) is 167 Å². The maximum Gasteiger partial charge on any atom is 0.490 e. The van der Waals surface area contributed by atoms with Crippen LogP contribution in [0.2, 0.25) is 0 Å². The number of esters is 1. The number of carboxylic acids is 1. The Labute approximate surface area is 264 Å². The van der Waals surface area contributed by atoms with Crippen molar-refractivity contribution >= 4 is 23.8 Å². The zero-order chi connectivity index (χ0) is 34.0. The second-order valence-electron chi connectivity index (χ2n) is 11.1. The summed E-state index contributed by atoms with van der Waals surface area (Å²) in [5, 5.41) is 25.4. The number of carbonyl (C=O) groups is 4. The summed E-state index contributed by atoms with van der Waals surface area (Å²) < 4.78 is 38.5. The van der Waals surface area contributed by atoms with Crippen molar-refractivity contribution in [1.82, 2.24) is 29.9 Å². The van der Waals surface area contributed by atoms with Crippen LogP contribution in [0.5, 0.6) is 0 Å². The van der Waals surface area contributed by atoms with Crippen LogP contribution in [0.4, 0.5) is 13.2 Å². The normalized spacial score (nSPS) is 17.7. The fraction of sp³-hybridized carbons (Fsp3) is 0.600. The summed E-state index contributed by atoms with van der Waals surface area (Å²) in [5.41, 5.74) is 2.90. The van der Waals surface area contributed by atoms with Crippen LogP contribution in [-0.2, 0) is 32.6 Å². The summed E-state index contributed by atoms with van der Waals surface area (Å²) >= 11 is 0. The van der Waals surface area contributed by atoms with Gasteiger partial charge in [0.1, 0.15) is 6.04 Å². The number of carboxylic acid groups (broad SMARTS) is 1. The summed E-state index contributed by atoms with van der Waals surface area (Å²) in [6.07, 6.45) is -2.31. The van der Waals surface area contributed by atoms with E-state index in [1.807, 2.05) is 43.1 Å². The Kier molecular flexibility index (Phi) is 13.1. The third-order valence-electron chi connectivity index (χ3n) is 7.44. The maximum atomic E-state index is 13.5. The van der Waals surface area contributed by atoms with Gasteiger partial charge < -0.3 is 25.2 Å². The second kappa shape index (κ2) is 16.5. The largest absolute Gasteiger partial charge is 0.490 e. The highest BCUT2D eigenvalue weighted by atomic mass is 19.4. The average Bonchev–Trinajstić information content (AvgIpc) is 3.80. The molecule has 13 nitrogen and oxygen atoms in total. The van der Waals surface area contributed by atoms with Gasteiger partial charge in [0, 0.05) is 63.5 Å². The Morgan fingerprint density at radius 1 is 1.13 bits per heavy atom. The molecular weight excluding hydrogens is 613 g/mol. The third kappa shape index (κ3) is 10.5. The Bertz CT molecular complexity index is 1360. The molecule has 2 amide bonds. The van der Waals surface area contributed by atoms with Crippen molar-refractivity contribution in [3.8, 4) is 0 Å². The summed E-state index contributed by atoms with van der Waals surface area (Å²) in [7, 11) is 1.86. The zero-order valence-electron chi connectivity index (χ0n) is 26.1. The van der Waals surface area contributed by atoms with E-state index in [-0.39, 0.29) is 37.3 Å². The lowest BCUT2D eigenvalue weighted by Gasteiger charge is -2.30. The summed E-state index contributed by atoms with van der Waals surface area (Å²) in [5.74, 6) is -3.06. The van der Waals surface area contributed by atoms with E-state index in [9.17, 15) is 32.7 Å². The van der Waals surface area contributed by atoms with Crippen LogP contribution in [0.1, 0.15) is 79.1 Å². The highest BCUT2D eigenvalue weighted by Gasteiger charge is 2.38. The van der Waals surface area contributed by atoms with E-state index in [0.717, 1.165) is 30.7 Å². The molecule has 2 fully saturated rings. The molecule has 0 bridgehead atoms. The number of aliphatic hydroxyl groups excluding tert-OH is 1. The number of nitrogens with zero attached hydrogens (tertiary/aromatic N) is 5. The fourth-order valence-corrected chi connectivity index (χ4v) is 5.05. The van der Waals surface area contributed by atoms with E-state index in [1.165, 1.54) is 0 Å². The number of aliphatic hydroxyl groups is 1. The van der Waals surface area contributed by atoms with E-state index in [0.29, 0.717) is 50.0 Å². The molecule has 0 aromatic carbocycles. The number of halogens is 3. The van der Waals surface area contributed by atoms with Crippen LogP contribution in [-0.4, -0.2) is 110 Å². The molecule has 0 radical (unpaired) electrons. The number of rotatable bonds is 11. The fourth-order valence-electron chi connectivity index (χ4n) is 5.05. The van der Waals surface area contributed by atoms with Crippen LogP contribution in [0.15, 0.2) is 24.3 Å². The molecule has 1 saturated heterocycles. The lowest BCUT2D eigenvalue weighted by atomic mass is 10.1. The molecule has 2 aromatic heterocycles. The minimum Gasteiger partial charge on any atom is -0.475 e. The summed E-state index contributed by atoms with van der Waals surface area (Å²) in [6.45, 7) is 5.47. The average molecular weight is 655 g/mol. The van der Waals surface area contributed by atoms with Gasteiger partial charge in [-0.15, -0.1) is 0 Å². The Hall–Kier alpha value is -4.05. The van der Waals surface area contributed by atoms with Crippen molar-refractivity contribution in [2.24, 2.45) is 7.05 Å². The number of amides is 2. The molecule has 2 aromatic rings. The molecule has 2 unspecified atom stereocenters. The van der Waals surface area contributed by atoms with Gasteiger partial charge in [-0.3, -0.25) is 28.9 Å². The molecule has 0 spiro atoms. The van der Waals surface area contributed by atoms with Gasteiger partial charge >= 0.3 is 18.1 Å². The molecule has 4 rings (SSSR count). The summed E-state index contributed by atoms with van der Waals surface area (Å²) in [6, 6.07) is 6.72. The van der Waals surface area contributed by atoms with Crippen molar-refractivity contribution in [3.05, 3.63) is 47.0 Å². The summed E-state index contributed by atoms with van der Waals surface area (Å²) in [4.78, 5) is 55.6. The third-order valence-corrected chi connectivity index (χ3v) is 7.44. The molecule has 1 aliphatic carbocycles. The van der Waals surface area contributed by atoms with Crippen molar-refractivity contribution in [2.45, 2.75) is 70.2 Å². The van der Waals surface area contributed by atoms with E-state index in [2.05, 4.69) is 10.4 Å². The molecule has 3 heterocycles. The van der Waals surface area contributed by atoms with Gasteiger partial charge in [0.25, 0.3) is 5.91 Å². The molecule has 1 aliphatic heterocycles. The second-order valence-corrected chi connectivity index (χ2v) is 11.1. The predicted molar refractivity (Wildman–Crippen MR) is 158 cm³/mol. The highest BCUT2D eigenvalue weighted by molar-refractivity contribution is 5.92. The van der Waals surface area contributed by atoms with E-state index >= 15 is 0 Å².